The Morgan fingerprint density at radius 3 is 2.88 bits per heavy atom. The zero-order valence-corrected chi connectivity index (χ0v) is 12.8. The van der Waals surface area contributed by atoms with Gasteiger partial charge in [-0.2, -0.15) is 10.1 Å². The molecular formula is C17H14N4O3. The monoisotopic (exact) mass is 322 g/mol. The minimum atomic E-state index is -0.611. The standard InChI is InChI=1S/C17H14N4O3/c1-10-8-14(20-17(24)19-10)16(23)21-18-9-13-12-5-3-2-4-11(12)6-7-15(13)22/h2-9,22H,1H3,(H,21,23)(H,19,20,24)/b18-9+. The second kappa shape index (κ2) is 6.33. The molecule has 7 nitrogen and oxygen atoms in total. The number of hydrogen-bond donors (Lipinski definition) is 3. The molecule has 1 aromatic heterocycles. The van der Waals surface area contributed by atoms with Crippen LogP contribution in [0.3, 0.4) is 0 Å². The van der Waals surface area contributed by atoms with Crippen LogP contribution in [0, 0.1) is 6.92 Å². The number of phenols is 1. The van der Waals surface area contributed by atoms with Gasteiger partial charge < -0.3 is 10.1 Å². The summed E-state index contributed by atoms with van der Waals surface area (Å²) in [5.74, 6) is -0.558. The molecule has 0 saturated carbocycles. The third kappa shape index (κ3) is 3.14. The summed E-state index contributed by atoms with van der Waals surface area (Å²) in [6.45, 7) is 1.65. The number of phenolic OH excluding ortho intramolecular Hbond substituents is 1. The van der Waals surface area contributed by atoms with Crippen molar-refractivity contribution in [2.45, 2.75) is 6.92 Å². The van der Waals surface area contributed by atoms with Gasteiger partial charge in [-0.25, -0.2) is 10.2 Å². The van der Waals surface area contributed by atoms with E-state index in [2.05, 4.69) is 20.5 Å². The van der Waals surface area contributed by atoms with Gasteiger partial charge in [0.05, 0.1) is 6.21 Å². The Balaban J connectivity index is 1.85. The van der Waals surface area contributed by atoms with Crippen molar-refractivity contribution >= 4 is 22.9 Å². The van der Waals surface area contributed by atoms with Crippen LogP contribution in [0.4, 0.5) is 0 Å². The predicted molar refractivity (Wildman–Crippen MR) is 90.3 cm³/mol. The van der Waals surface area contributed by atoms with Gasteiger partial charge in [0.15, 0.2) is 0 Å². The first-order valence-corrected chi connectivity index (χ1v) is 7.16. The molecule has 0 radical (unpaired) electrons. The number of amides is 1. The van der Waals surface area contributed by atoms with Crippen molar-refractivity contribution in [3.63, 3.8) is 0 Å². The summed E-state index contributed by atoms with van der Waals surface area (Å²) in [6.07, 6.45) is 1.36. The number of nitrogens with one attached hydrogen (secondary N) is 2. The number of hydrogen-bond acceptors (Lipinski definition) is 5. The number of H-pyrrole nitrogens is 1. The summed E-state index contributed by atoms with van der Waals surface area (Å²) in [6, 6.07) is 12.3. The predicted octanol–water partition coefficient (Wildman–Crippen LogP) is 1.70. The lowest BCUT2D eigenvalue weighted by atomic mass is 10.0. The van der Waals surface area contributed by atoms with Gasteiger partial charge in [0, 0.05) is 11.3 Å². The summed E-state index contributed by atoms with van der Waals surface area (Å²) in [5.41, 5.74) is 2.68. The minimum Gasteiger partial charge on any atom is -0.507 e. The van der Waals surface area contributed by atoms with Gasteiger partial charge in [-0.3, -0.25) is 4.79 Å². The van der Waals surface area contributed by atoms with E-state index in [1.807, 2.05) is 24.3 Å². The van der Waals surface area contributed by atoms with E-state index in [4.69, 9.17) is 0 Å². The fourth-order valence-electron chi connectivity index (χ4n) is 2.33. The molecule has 0 aliphatic carbocycles. The highest BCUT2D eigenvalue weighted by Gasteiger charge is 2.08. The fourth-order valence-corrected chi connectivity index (χ4v) is 2.33. The SMILES string of the molecule is Cc1cc(C(=O)N/N=C/c2c(O)ccc3ccccc23)nc(=O)[nH]1. The Bertz CT molecular complexity index is 1010. The first-order valence-electron chi connectivity index (χ1n) is 7.16. The van der Waals surface area contributed by atoms with E-state index in [1.165, 1.54) is 12.3 Å². The average molecular weight is 322 g/mol. The highest BCUT2D eigenvalue weighted by molar-refractivity contribution is 6.03. The van der Waals surface area contributed by atoms with Crippen LogP contribution in [-0.4, -0.2) is 27.2 Å². The van der Waals surface area contributed by atoms with Crippen LogP contribution in [0.5, 0.6) is 5.75 Å². The molecule has 24 heavy (non-hydrogen) atoms. The minimum absolute atomic E-state index is 0.0319. The Hall–Kier alpha value is -3.48. The maximum Gasteiger partial charge on any atom is 0.345 e. The van der Waals surface area contributed by atoms with E-state index in [1.54, 1.807) is 19.1 Å². The normalized spacial score (nSPS) is 11.0. The highest BCUT2D eigenvalue weighted by Crippen LogP contribution is 2.25. The van der Waals surface area contributed by atoms with Crippen molar-refractivity contribution in [1.82, 2.24) is 15.4 Å². The number of benzene rings is 2. The fraction of sp³-hybridized carbons (Fsp3) is 0.0588. The lowest BCUT2D eigenvalue weighted by molar-refractivity contribution is 0.0949. The van der Waals surface area contributed by atoms with Gasteiger partial charge in [-0.05, 0) is 29.8 Å². The molecule has 0 spiro atoms. The average Bonchev–Trinajstić information content (AvgIpc) is 2.56. The molecule has 120 valence electrons. The lowest BCUT2D eigenvalue weighted by Crippen LogP contribution is -2.24. The molecule has 1 heterocycles. The largest absolute Gasteiger partial charge is 0.507 e. The maximum atomic E-state index is 12.0. The molecule has 0 atom stereocenters. The van der Waals surface area contributed by atoms with Gasteiger partial charge in [0.25, 0.3) is 5.91 Å². The summed E-state index contributed by atoms with van der Waals surface area (Å²) in [7, 11) is 0. The first kappa shape index (κ1) is 15.4. The molecular weight excluding hydrogens is 308 g/mol. The van der Waals surface area contributed by atoms with E-state index in [9.17, 15) is 14.7 Å². The number of aryl methyl sites for hydroxylation is 1. The number of fused-ring (bicyclic) bond motifs is 1. The summed E-state index contributed by atoms with van der Waals surface area (Å²) < 4.78 is 0. The van der Waals surface area contributed by atoms with Crippen LogP contribution in [0.15, 0.2) is 52.4 Å². The molecule has 0 aliphatic heterocycles. The quantitative estimate of drug-likeness (QED) is 0.504. The van der Waals surface area contributed by atoms with Crippen molar-refractivity contribution in [3.05, 3.63) is 69.9 Å². The van der Waals surface area contributed by atoms with Crippen molar-refractivity contribution in [2.24, 2.45) is 5.10 Å². The van der Waals surface area contributed by atoms with Gasteiger partial charge in [0.2, 0.25) is 0 Å². The van der Waals surface area contributed by atoms with Crippen molar-refractivity contribution in [3.8, 4) is 5.75 Å². The molecule has 3 aromatic rings. The Morgan fingerprint density at radius 1 is 1.29 bits per heavy atom. The summed E-state index contributed by atoms with van der Waals surface area (Å²) in [5, 5.41) is 15.6. The third-order valence-electron chi connectivity index (χ3n) is 3.42. The summed E-state index contributed by atoms with van der Waals surface area (Å²) >= 11 is 0. The van der Waals surface area contributed by atoms with Gasteiger partial charge >= 0.3 is 5.69 Å². The molecule has 0 saturated heterocycles. The molecule has 7 heteroatoms. The first-order chi connectivity index (χ1) is 11.5. The van der Waals surface area contributed by atoms with E-state index < -0.39 is 11.6 Å². The number of aromatic nitrogens is 2. The smallest absolute Gasteiger partial charge is 0.345 e. The van der Waals surface area contributed by atoms with Gasteiger partial charge in [-0.1, -0.05) is 30.3 Å². The van der Waals surface area contributed by atoms with E-state index in [-0.39, 0.29) is 11.4 Å². The van der Waals surface area contributed by atoms with Gasteiger partial charge in [0.1, 0.15) is 11.4 Å². The summed E-state index contributed by atoms with van der Waals surface area (Å²) in [4.78, 5) is 29.3. The van der Waals surface area contributed by atoms with Crippen LogP contribution >= 0.6 is 0 Å². The van der Waals surface area contributed by atoms with E-state index in [0.717, 1.165) is 10.8 Å². The second-order valence-electron chi connectivity index (χ2n) is 5.17. The zero-order valence-electron chi connectivity index (χ0n) is 12.8. The zero-order chi connectivity index (χ0) is 17.1. The molecule has 3 N–H and O–H groups in total. The third-order valence-corrected chi connectivity index (χ3v) is 3.42. The maximum absolute atomic E-state index is 12.0. The van der Waals surface area contributed by atoms with Crippen molar-refractivity contribution < 1.29 is 9.90 Å². The molecule has 3 rings (SSSR count). The number of nitrogens with zero attached hydrogens (tertiary/aromatic N) is 2. The lowest BCUT2D eigenvalue weighted by Gasteiger charge is -2.04. The number of carbonyl (C=O) groups excluding carboxylic acids is 1. The topological polar surface area (TPSA) is 107 Å². The molecule has 0 unspecified atom stereocenters. The number of carbonyl (C=O) groups is 1. The molecule has 0 bridgehead atoms. The number of aromatic hydroxyl groups is 1. The Morgan fingerprint density at radius 2 is 2.08 bits per heavy atom. The van der Waals surface area contributed by atoms with Crippen LogP contribution < -0.4 is 11.1 Å². The van der Waals surface area contributed by atoms with E-state index in [0.29, 0.717) is 11.3 Å². The van der Waals surface area contributed by atoms with Crippen LogP contribution in [-0.2, 0) is 0 Å². The van der Waals surface area contributed by atoms with Crippen LogP contribution in [0.25, 0.3) is 10.8 Å². The molecule has 2 aromatic carbocycles. The van der Waals surface area contributed by atoms with Crippen LogP contribution in [0.1, 0.15) is 21.7 Å². The van der Waals surface area contributed by atoms with Crippen molar-refractivity contribution in [2.75, 3.05) is 0 Å². The number of aromatic amines is 1. The highest BCUT2D eigenvalue weighted by atomic mass is 16.3. The van der Waals surface area contributed by atoms with Gasteiger partial charge in [-0.15, -0.1) is 0 Å². The van der Waals surface area contributed by atoms with E-state index >= 15 is 0 Å². The Kier molecular flexibility index (Phi) is 4.07. The molecule has 0 fully saturated rings. The Labute approximate surface area is 136 Å². The number of rotatable bonds is 3. The van der Waals surface area contributed by atoms with Crippen LogP contribution in [0.2, 0.25) is 0 Å². The molecule has 1 amide bonds. The second-order valence-corrected chi connectivity index (χ2v) is 5.17. The van der Waals surface area contributed by atoms with Crippen molar-refractivity contribution in [1.29, 1.82) is 0 Å². The number of hydrazone groups is 1. The molecule has 0 aliphatic rings.